The molecule has 0 unspecified atom stereocenters. The average Bonchev–Trinajstić information content (AvgIpc) is 2.92. The second kappa shape index (κ2) is 8.52. The Labute approximate surface area is 148 Å². The molecule has 0 bridgehead atoms. The van der Waals surface area contributed by atoms with E-state index in [2.05, 4.69) is 29.4 Å². The van der Waals surface area contributed by atoms with Crippen LogP contribution in [0, 0.1) is 5.92 Å². The lowest BCUT2D eigenvalue weighted by Gasteiger charge is -2.13. The van der Waals surface area contributed by atoms with E-state index in [0.29, 0.717) is 21.8 Å². The smallest absolute Gasteiger partial charge is 0.266 e. The lowest BCUT2D eigenvalue weighted by molar-refractivity contribution is -0.122. The number of carbonyl (C=O) groups excluding carboxylic acids is 1. The first-order valence-electron chi connectivity index (χ1n) is 7.13. The number of rotatable bonds is 7. The van der Waals surface area contributed by atoms with Crippen LogP contribution >= 0.6 is 34.7 Å². The highest BCUT2D eigenvalue weighted by Gasteiger charge is 2.17. The first-order chi connectivity index (χ1) is 10.9. The highest BCUT2D eigenvalue weighted by atomic mass is 35.5. The van der Waals surface area contributed by atoms with Gasteiger partial charge < -0.3 is 4.74 Å². The van der Waals surface area contributed by atoms with Crippen molar-refractivity contribution in [2.45, 2.75) is 31.2 Å². The van der Waals surface area contributed by atoms with Crippen molar-refractivity contribution < 1.29 is 9.53 Å². The molecule has 8 heteroatoms. The Kier molecular flexibility index (Phi) is 6.68. The molecule has 23 heavy (non-hydrogen) atoms. The quantitative estimate of drug-likeness (QED) is 0.579. The first kappa shape index (κ1) is 18.0. The molecule has 1 heterocycles. The van der Waals surface area contributed by atoms with Crippen molar-refractivity contribution in [3.63, 3.8) is 0 Å². The van der Waals surface area contributed by atoms with Crippen LogP contribution in [-0.2, 0) is 4.79 Å². The molecule has 0 aliphatic rings. The molecule has 2 aromatic rings. The van der Waals surface area contributed by atoms with Gasteiger partial charge in [0.05, 0.1) is 0 Å². The summed E-state index contributed by atoms with van der Waals surface area (Å²) in [5.41, 5.74) is 0. The summed E-state index contributed by atoms with van der Waals surface area (Å²) < 4.78 is 6.41. The Bertz CT molecular complexity index is 664. The lowest BCUT2D eigenvalue weighted by atomic mass is 10.3. The van der Waals surface area contributed by atoms with E-state index in [0.717, 1.165) is 10.1 Å². The van der Waals surface area contributed by atoms with E-state index in [1.807, 2.05) is 0 Å². The van der Waals surface area contributed by atoms with Gasteiger partial charge >= 0.3 is 0 Å². The number of hydrogen-bond acceptors (Lipinski definition) is 6. The van der Waals surface area contributed by atoms with E-state index in [1.165, 1.54) is 11.3 Å². The summed E-state index contributed by atoms with van der Waals surface area (Å²) >= 11 is 8.89. The molecule has 1 aromatic heterocycles. The Hall–Kier alpha value is -1.31. The largest absolute Gasteiger partial charge is 0.481 e. The lowest BCUT2D eigenvalue weighted by Crippen LogP contribution is -2.30. The van der Waals surface area contributed by atoms with Crippen LogP contribution in [0.1, 0.15) is 20.8 Å². The van der Waals surface area contributed by atoms with Crippen LogP contribution in [0.25, 0.3) is 0 Å². The molecule has 0 saturated carbocycles. The van der Waals surface area contributed by atoms with E-state index in [9.17, 15) is 4.79 Å². The number of carbonyl (C=O) groups is 1. The molecule has 1 amide bonds. The van der Waals surface area contributed by atoms with Crippen LogP contribution in [0.2, 0.25) is 5.02 Å². The van der Waals surface area contributed by atoms with E-state index in [4.69, 9.17) is 16.3 Å². The van der Waals surface area contributed by atoms with E-state index < -0.39 is 6.10 Å². The number of anilines is 1. The minimum atomic E-state index is -0.663. The molecule has 1 N–H and O–H groups in total. The van der Waals surface area contributed by atoms with Gasteiger partial charge in [-0.1, -0.05) is 54.6 Å². The number of benzene rings is 1. The second-order valence-electron chi connectivity index (χ2n) is 5.28. The third kappa shape index (κ3) is 6.01. The molecule has 5 nitrogen and oxygen atoms in total. The molecular weight excluding hydrogens is 354 g/mol. The molecular formula is C15H18ClN3O2S2. The predicted octanol–water partition coefficient (Wildman–Crippen LogP) is 4.35. The highest BCUT2D eigenvalue weighted by molar-refractivity contribution is 8.01. The standard InChI is InChI=1S/C15H18ClN3O2S2/c1-9(2)8-22-15-19-18-14(23-15)17-13(20)10(3)21-12-6-4-5-11(16)7-12/h4-7,9-10H,8H2,1-3H3,(H,17,18,20)/t10-/m1/s1. The number of nitrogens with one attached hydrogen (secondary N) is 1. The van der Waals surface area contributed by atoms with Gasteiger partial charge in [0.15, 0.2) is 10.4 Å². The maximum absolute atomic E-state index is 12.1. The van der Waals surface area contributed by atoms with Gasteiger partial charge in [-0.25, -0.2) is 0 Å². The summed E-state index contributed by atoms with van der Waals surface area (Å²) in [5.74, 6) is 1.82. The zero-order valence-electron chi connectivity index (χ0n) is 13.1. The number of ether oxygens (including phenoxy) is 1. The summed E-state index contributed by atoms with van der Waals surface area (Å²) in [6.07, 6.45) is -0.663. The maximum atomic E-state index is 12.1. The van der Waals surface area contributed by atoms with Gasteiger partial charge in [-0.15, -0.1) is 10.2 Å². The van der Waals surface area contributed by atoms with Crippen molar-refractivity contribution in [3.8, 4) is 5.75 Å². The fourth-order valence-electron chi connectivity index (χ4n) is 1.56. The Morgan fingerprint density at radius 1 is 1.39 bits per heavy atom. The summed E-state index contributed by atoms with van der Waals surface area (Å²) in [4.78, 5) is 12.1. The van der Waals surface area contributed by atoms with Crippen molar-refractivity contribution in [1.82, 2.24) is 10.2 Å². The molecule has 124 valence electrons. The topological polar surface area (TPSA) is 64.1 Å². The fourth-order valence-corrected chi connectivity index (χ4v) is 3.47. The Morgan fingerprint density at radius 3 is 2.87 bits per heavy atom. The molecule has 0 aliphatic carbocycles. The molecule has 0 aliphatic heterocycles. The van der Waals surface area contributed by atoms with E-state index in [-0.39, 0.29) is 5.91 Å². The van der Waals surface area contributed by atoms with Crippen molar-refractivity contribution in [2.75, 3.05) is 11.1 Å². The van der Waals surface area contributed by atoms with Crippen LogP contribution in [0.5, 0.6) is 5.75 Å². The van der Waals surface area contributed by atoms with Gasteiger partial charge in [-0.05, 0) is 31.0 Å². The molecule has 0 spiro atoms. The summed E-state index contributed by atoms with van der Waals surface area (Å²) in [5, 5.41) is 11.8. The molecule has 0 radical (unpaired) electrons. The van der Waals surface area contributed by atoms with E-state index in [1.54, 1.807) is 43.0 Å². The summed E-state index contributed by atoms with van der Waals surface area (Å²) in [6, 6.07) is 6.93. The van der Waals surface area contributed by atoms with Gasteiger partial charge in [0.25, 0.3) is 5.91 Å². The molecule has 1 atom stereocenters. The SMILES string of the molecule is CC(C)CSc1nnc(NC(=O)[C@@H](C)Oc2cccc(Cl)c2)s1. The Balaban J connectivity index is 1.88. The van der Waals surface area contributed by atoms with Crippen LogP contribution in [-0.4, -0.2) is 28.0 Å². The normalized spacial score (nSPS) is 12.2. The van der Waals surface area contributed by atoms with Crippen LogP contribution in [0.3, 0.4) is 0 Å². The van der Waals surface area contributed by atoms with Gasteiger partial charge in [0, 0.05) is 10.8 Å². The van der Waals surface area contributed by atoms with Gasteiger partial charge in [0.1, 0.15) is 5.75 Å². The van der Waals surface area contributed by atoms with Gasteiger partial charge in [0.2, 0.25) is 5.13 Å². The first-order valence-corrected chi connectivity index (χ1v) is 9.31. The minimum absolute atomic E-state index is 0.276. The number of aromatic nitrogens is 2. The zero-order valence-corrected chi connectivity index (χ0v) is 15.5. The number of amides is 1. The van der Waals surface area contributed by atoms with E-state index >= 15 is 0 Å². The third-order valence-corrected chi connectivity index (χ3v) is 5.29. The number of thioether (sulfide) groups is 1. The summed E-state index contributed by atoms with van der Waals surface area (Å²) in [6.45, 7) is 5.96. The third-order valence-electron chi connectivity index (χ3n) is 2.65. The van der Waals surface area contributed by atoms with Crippen molar-refractivity contribution in [2.24, 2.45) is 5.92 Å². The average molecular weight is 372 g/mol. The summed E-state index contributed by atoms with van der Waals surface area (Å²) in [7, 11) is 0. The number of nitrogens with zero attached hydrogens (tertiary/aromatic N) is 2. The van der Waals surface area contributed by atoms with Crippen molar-refractivity contribution >= 4 is 45.7 Å². The van der Waals surface area contributed by atoms with Gasteiger partial charge in [-0.3, -0.25) is 10.1 Å². The van der Waals surface area contributed by atoms with Crippen LogP contribution in [0.4, 0.5) is 5.13 Å². The maximum Gasteiger partial charge on any atom is 0.266 e. The van der Waals surface area contributed by atoms with Crippen molar-refractivity contribution in [3.05, 3.63) is 29.3 Å². The van der Waals surface area contributed by atoms with Crippen LogP contribution < -0.4 is 10.1 Å². The molecule has 0 fully saturated rings. The molecule has 0 saturated heterocycles. The highest BCUT2D eigenvalue weighted by Crippen LogP contribution is 2.27. The number of hydrogen-bond donors (Lipinski definition) is 1. The van der Waals surface area contributed by atoms with Crippen LogP contribution in [0.15, 0.2) is 28.6 Å². The second-order valence-corrected chi connectivity index (χ2v) is 7.97. The monoisotopic (exact) mass is 371 g/mol. The number of halogens is 1. The minimum Gasteiger partial charge on any atom is -0.481 e. The predicted molar refractivity (Wildman–Crippen MR) is 95.6 cm³/mol. The van der Waals surface area contributed by atoms with Gasteiger partial charge in [-0.2, -0.15) is 0 Å². The zero-order chi connectivity index (χ0) is 16.8. The molecule has 2 rings (SSSR count). The fraction of sp³-hybridized carbons (Fsp3) is 0.400. The Morgan fingerprint density at radius 2 is 2.17 bits per heavy atom. The van der Waals surface area contributed by atoms with Crippen molar-refractivity contribution in [1.29, 1.82) is 0 Å². The molecule has 1 aromatic carbocycles.